The van der Waals surface area contributed by atoms with Crippen LogP contribution >= 0.6 is 0 Å². The molecule has 1 amide bonds. The summed E-state index contributed by atoms with van der Waals surface area (Å²) in [6, 6.07) is 10.4. The molecule has 3 N–H and O–H groups in total. The number of nitrogens with one attached hydrogen (secondary N) is 2. The molecular weight excluding hydrogens is 471 g/mol. The van der Waals surface area contributed by atoms with E-state index in [1.807, 2.05) is 0 Å². The van der Waals surface area contributed by atoms with Gasteiger partial charge in [0.1, 0.15) is 23.4 Å². The van der Waals surface area contributed by atoms with Crippen molar-refractivity contribution in [3.63, 3.8) is 0 Å². The number of likely N-dealkylation sites (N-methyl/N-ethyl adjacent to an activating group) is 1. The largest absolute Gasteiger partial charge is 0.457 e. The second-order valence-corrected chi connectivity index (χ2v) is 9.13. The molecule has 34 heavy (non-hydrogen) atoms. The van der Waals surface area contributed by atoms with Crippen molar-refractivity contribution in [2.24, 2.45) is 0 Å². The Bertz CT molecular complexity index is 1390. The molecule has 180 valence electrons. The van der Waals surface area contributed by atoms with E-state index in [0.29, 0.717) is 0 Å². The van der Waals surface area contributed by atoms with Crippen LogP contribution in [0.15, 0.2) is 75.3 Å². The Kier molecular flexibility index (Phi) is 7.61. The van der Waals surface area contributed by atoms with E-state index < -0.39 is 39.0 Å². The van der Waals surface area contributed by atoms with E-state index in [9.17, 15) is 27.2 Å². The highest BCUT2D eigenvalue weighted by Gasteiger charge is 2.32. The molecule has 11 nitrogen and oxygen atoms in total. The van der Waals surface area contributed by atoms with Crippen molar-refractivity contribution in [2.75, 3.05) is 7.05 Å². The molecule has 0 aliphatic heterocycles. The summed E-state index contributed by atoms with van der Waals surface area (Å²) >= 11 is 0. The van der Waals surface area contributed by atoms with E-state index in [1.54, 1.807) is 0 Å². The number of sulfonamides is 1. The third-order valence-electron chi connectivity index (χ3n) is 4.92. The normalized spacial score (nSPS) is 12.4. The van der Waals surface area contributed by atoms with Crippen LogP contribution in [0.3, 0.4) is 0 Å². The second-order valence-electron chi connectivity index (χ2n) is 7.14. The molecule has 0 saturated carbocycles. The van der Waals surface area contributed by atoms with E-state index in [1.165, 1.54) is 60.2 Å². The maximum Gasteiger partial charge on any atom is 0.328 e. The van der Waals surface area contributed by atoms with Gasteiger partial charge in [-0.1, -0.05) is 6.07 Å². The average molecular weight is 492 g/mol. The molecule has 2 aromatic carbocycles. The van der Waals surface area contributed by atoms with Crippen molar-refractivity contribution in [3.05, 3.63) is 87.4 Å². The molecule has 0 aliphatic carbocycles. The van der Waals surface area contributed by atoms with Gasteiger partial charge in [0, 0.05) is 31.9 Å². The molecule has 3 rings (SSSR count). The van der Waals surface area contributed by atoms with Crippen molar-refractivity contribution in [1.82, 2.24) is 19.3 Å². The van der Waals surface area contributed by atoms with Gasteiger partial charge in [-0.15, -0.1) is 0 Å². The first kappa shape index (κ1) is 24.8. The quantitative estimate of drug-likeness (QED) is 0.298. The van der Waals surface area contributed by atoms with Gasteiger partial charge in [0.15, 0.2) is 0 Å². The number of hydrogen-bond acceptors (Lipinski definition) is 7. The minimum absolute atomic E-state index is 0.117. The van der Waals surface area contributed by atoms with E-state index in [4.69, 9.17) is 9.94 Å². The van der Waals surface area contributed by atoms with Gasteiger partial charge in [0.2, 0.25) is 10.0 Å². The van der Waals surface area contributed by atoms with Gasteiger partial charge >= 0.3 is 5.69 Å². The van der Waals surface area contributed by atoms with Crippen molar-refractivity contribution in [2.45, 2.75) is 23.9 Å². The van der Waals surface area contributed by atoms with Gasteiger partial charge in [-0.05, 0) is 42.8 Å². The predicted molar refractivity (Wildman–Crippen MR) is 118 cm³/mol. The number of ether oxygens (including phenoxy) is 1. The van der Waals surface area contributed by atoms with Crippen LogP contribution in [-0.4, -0.2) is 46.5 Å². The first-order valence-corrected chi connectivity index (χ1v) is 11.3. The number of aryl methyl sites for hydroxylation is 1. The number of nitrogens with zero attached hydrogens (tertiary/aromatic N) is 2. The van der Waals surface area contributed by atoms with Crippen molar-refractivity contribution < 1.29 is 27.5 Å². The van der Waals surface area contributed by atoms with E-state index in [0.717, 1.165) is 22.0 Å². The van der Waals surface area contributed by atoms with Gasteiger partial charge in [-0.3, -0.25) is 19.8 Å². The summed E-state index contributed by atoms with van der Waals surface area (Å²) in [5.74, 6) is -1.01. The molecule has 3 aromatic rings. The van der Waals surface area contributed by atoms with E-state index in [-0.39, 0.29) is 29.4 Å². The molecule has 13 heteroatoms. The summed E-state index contributed by atoms with van der Waals surface area (Å²) in [4.78, 5) is 37.1. The molecule has 1 aromatic heterocycles. The molecule has 0 spiro atoms. The first-order chi connectivity index (χ1) is 16.1. The van der Waals surface area contributed by atoms with Gasteiger partial charge < -0.3 is 9.30 Å². The smallest absolute Gasteiger partial charge is 0.328 e. The van der Waals surface area contributed by atoms with Crippen LogP contribution in [0.5, 0.6) is 11.5 Å². The lowest BCUT2D eigenvalue weighted by Gasteiger charge is -2.26. The van der Waals surface area contributed by atoms with Crippen LogP contribution in [0.1, 0.15) is 6.42 Å². The Morgan fingerprint density at radius 1 is 1.18 bits per heavy atom. The molecular formula is C21H21FN4O7S. The zero-order valence-corrected chi connectivity index (χ0v) is 18.7. The van der Waals surface area contributed by atoms with Crippen LogP contribution in [0.4, 0.5) is 4.39 Å². The lowest BCUT2D eigenvalue weighted by Crippen LogP contribution is -2.47. The lowest BCUT2D eigenvalue weighted by molar-refractivity contribution is -0.133. The number of halogens is 1. The Hall–Kier alpha value is -3.81. The number of H-pyrrole nitrogens is 1. The molecule has 0 bridgehead atoms. The molecule has 1 unspecified atom stereocenters. The SMILES string of the molecule is CN(C(CCn1ccc(=O)[nH]c1=O)C(=O)NO)S(=O)(=O)c1ccc(Oc2cccc(F)c2)cc1. The number of rotatable bonds is 9. The summed E-state index contributed by atoms with van der Waals surface area (Å²) in [5, 5.41) is 9.09. The van der Waals surface area contributed by atoms with Crippen LogP contribution in [-0.2, 0) is 21.4 Å². The van der Waals surface area contributed by atoms with Crippen LogP contribution in [0, 0.1) is 5.82 Å². The zero-order valence-electron chi connectivity index (χ0n) is 17.8. The number of carbonyl (C=O) groups excluding carboxylic acids is 1. The number of aromatic amines is 1. The van der Waals surface area contributed by atoms with Crippen molar-refractivity contribution in [1.29, 1.82) is 0 Å². The predicted octanol–water partition coefficient (Wildman–Crippen LogP) is 1.05. The zero-order chi connectivity index (χ0) is 24.9. The van der Waals surface area contributed by atoms with Crippen LogP contribution < -0.4 is 21.5 Å². The van der Waals surface area contributed by atoms with Gasteiger partial charge in [-0.2, -0.15) is 4.31 Å². The highest BCUT2D eigenvalue weighted by Crippen LogP contribution is 2.25. The summed E-state index contributed by atoms with van der Waals surface area (Å²) in [6.45, 7) is -0.117. The summed E-state index contributed by atoms with van der Waals surface area (Å²) in [5.41, 5.74) is 0.101. The number of carbonyl (C=O) groups is 1. The topological polar surface area (TPSA) is 151 Å². The van der Waals surface area contributed by atoms with Gasteiger partial charge in [0.05, 0.1) is 4.90 Å². The maximum absolute atomic E-state index is 13.3. The van der Waals surface area contributed by atoms with Crippen LogP contribution in [0.25, 0.3) is 0 Å². The highest BCUT2D eigenvalue weighted by atomic mass is 32.2. The minimum Gasteiger partial charge on any atom is -0.457 e. The molecule has 0 saturated heterocycles. The monoisotopic (exact) mass is 492 g/mol. The number of amides is 1. The Morgan fingerprint density at radius 2 is 1.88 bits per heavy atom. The lowest BCUT2D eigenvalue weighted by atomic mass is 10.2. The molecule has 0 fully saturated rings. The number of hydrogen-bond donors (Lipinski definition) is 3. The fourth-order valence-electron chi connectivity index (χ4n) is 3.11. The summed E-state index contributed by atoms with van der Waals surface area (Å²) in [7, 11) is -3.06. The number of aromatic nitrogens is 2. The molecule has 1 atom stereocenters. The Morgan fingerprint density at radius 3 is 2.50 bits per heavy atom. The molecule has 0 aliphatic rings. The maximum atomic E-state index is 13.3. The second kappa shape index (κ2) is 10.4. The van der Waals surface area contributed by atoms with Crippen molar-refractivity contribution >= 4 is 15.9 Å². The van der Waals surface area contributed by atoms with E-state index >= 15 is 0 Å². The van der Waals surface area contributed by atoms with Crippen molar-refractivity contribution in [3.8, 4) is 11.5 Å². The summed E-state index contributed by atoms with van der Waals surface area (Å²) in [6.07, 6.45) is 1.02. The van der Waals surface area contributed by atoms with E-state index in [2.05, 4.69) is 4.98 Å². The van der Waals surface area contributed by atoms with Gasteiger partial charge in [0.25, 0.3) is 11.5 Å². The Labute approximate surface area is 193 Å². The standard InChI is InChI=1S/C21H21FN4O7S/c1-25(18(20(28)24-30)9-11-26-12-10-19(27)23-21(26)29)34(31,32)17-7-5-15(6-8-17)33-16-4-2-3-14(22)13-16/h2-8,10,12-13,18,30H,9,11H2,1H3,(H,24,28)(H,23,27,29). The first-order valence-electron chi connectivity index (χ1n) is 9.87. The molecule has 1 heterocycles. The number of benzene rings is 2. The highest BCUT2D eigenvalue weighted by molar-refractivity contribution is 7.89. The number of hydroxylamine groups is 1. The summed E-state index contributed by atoms with van der Waals surface area (Å²) < 4.78 is 46.8. The molecule has 0 radical (unpaired) electrons. The fraction of sp³-hybridized carbons (Fsp3) is 0.190. The van der Waals surface area contributed by atoms with Crippen LogP contribution in [0.2, 0.25) is 0 Å². The fourth-order valence-corrected chi connectivity index (χ4v) is 4.46. The third-order valence-corrected chi connectivity index (χ3v) is 6.81. The van der Waals surface area contributed by atoms with Gasteiger partial charge in [-0.25, -0.2) is 23.1 Å². The average Bonchev–Trinajstić information content (AvgIpc) is 2.80. The minimum atomic E-state index is -4.21. The Balaban J connectivity index is 1.79. The third kappa shape index (κ3) is 5.75.